The zero-order chi connectivity index (χ0) is 13.8. The van der Waals surface area contributed by atoms with E-state index in [0.717, 1.165) is 28.9 Å². The molecular weight excluding hydrogens is 238 g/mol. The Morgan fingerprint density at radius 2 is 2.16 bits per heavy atom. The lowest BCUT2D eigenvalue weighted by molar-refractivity contribution is 0.415. The van der Waals surface area contributed by atoms with Gasteiger partial charge in [0.05, 0.1) is 7.11 Å². The fourth-order valence-electron chi connectivity index (χ4n) is 2.20. The predicted molar refractivity (Wildman–Crippen MR) is 79.8 cm³/mol. The molecule has 0 amide bonds. The van der Waals surface area contributed by atoms with Crippen LogP contribution in [0.5, 0.6) is 5.75 Å². The van der Waals surface area contributed by atoms with Gasteiger partial charge in [-0.1, -0.05) is 6.92 Å². The summed E-state index contributed by atoms with van der Waals surface area (Å²) in [6, 6.07) is 8.05. The van der Waals surface area contributed by atoms with Crippen LogP contribution in [0.25, 0.3) is 10.8 Å². The zero-order valence-electron chi connectivity index (χ0n) is 11.8. The van der Waals surface area contributed by atoms with E-state index < -0.39 is 0 Å². The molecule has 0 aliphatic carbocycles. The van der Waals surface area contributed by atoms with Gasteiger partial charge in [-0.2, -0.15) is 0 Å². The van der Waals surface area contributed by atoms with Crippen LogP contribution in [0.4, 0.5) is 5.82 Å². The van der Waals surface area contributed by atoms with Gasteiger partial charge in [0.25, 0.3) is 0 Å². The first-order valence-electron chi connectivity index (χ1n) is 6.49. The number of nitrogens with two attached hydrogens (primary N) is 1. The van der Waals surface area contributed by atoms with Crippen LogP contribution in [-0.4, -0.2) is 32.2 Å². The van der Waals surface area contributed by atoms with E-state index in [0.29, 0.717) is 12.5 Å². The summed E-state index contributed by atoms with van der Waals surface area (Å²) < 4.78 is 5.25. The van der Waals surface area contributed by atoms with Gasteiger partial charge in [0.1, 0.15) is 11.6 Å². The van der Waals surface area contributed by atoms with Crippen LogP contribution < -0.4 is 15.4 Å². The monoisotopic (exact) mass is 259 g/mol. The molecule has 2 aromatic rings. The van der Waals surface area contributed by atoms with E-state index in [-0.39, 0.29) is 0 Å². The van der Waals surface area contributed by atoms with E-state index in [1.807, 2.05) is 24.4 Å². The molecule has 0 saturated carbocycles. The van der Waals surface area contributed by atoms with Crippen molar-refractivity contribution in [2.45, 2.75) is 6.92 Å². The summed E-state index contributed by atoms with van der Waals surface area (Å²) >= 11 is 0. The molecule has 0 saturated heterocycles. The molecule has 102 valence electrons. The van der Waals surface area contributed by atoms with E-state index in [9.17, 15) is 0 Å². The molecule has 0 bridgehead atoms. The Bertz CT molecular complexity index is 556. The van der Waals surface area contributed by atoms with Gasteiger partial charge in [-0.05, 0) is 42.1 Å². The fraction of sp³-hybridized carbons (Fsp3) is 0.400. The van der Waals surface area contributed by atoms with Gasteiger partial charge in [-0.25, -0.2) is 4.98 Å². The van der Waals surface area contributed by atoms with Gasteiger partial charge in [0.2, 0.25) is 0 Å². The quantitative estimate of drug-likeness (QED) is 0.895. The van der Waals surface area contributed by atoms with E-state index in [1.54, 1.807) is 7.11 Å². The molecule has 0 radical (unpaired) electrons. The summed E-state index contributed by atoms with van der Waals surface area (Å²) in [5.41, 5.74) is 5.69. The average molecular weight is 259 g/mol. The molecule has 0 fully saturated rings. The fourth-order valence-corrected chi connectivity index (χ4v) is 2.20. The number of benzene rings is 1. The molecular formula is C15H21N3O. The van der Waals surface area contributed by atoms with Crippen molar-refractivity contribution >= 4 is 16.6 Å². The summed E-state index contributed by atoms with van der Waals surface area (Å²) in [6.45, 7) is 3.72. The number of fused-ring (bicyclic) bond motifs is 1. The zero-order valence-corrected chi connectivity index (χ0v) is 11.8. The maximum Gasteiger partial charge on any atom is 0.136 e. The number of rotatable bonds is 5. The number of methoxy groups -OCH3 is 1. The first-order chi connectivity index (χ1) is 9.15. The minimum absolute atomic E-state index is 0.445. The van der Waals surface area contributed by atoms with E-state index in [1.165, 1.54) is 0 Å². The van der Waals surface area contributed by atoms with Crippen LogP contribution in [0.2, 0.25) is 0 Å². The maximum absolute atomic E-state index is 5.69. The molecule has 2 rings (SSSR count). The normalized spacial score (nSPS) is 12.4. The van der Waals surface area contributed by atoms with Crippen molar-refractivity contribution in [1.29, 1.82) is 0 Å². The molecule has 19 heavy (non-hydrogen) atoms. The third-order valence-electron chi connectivity index (χ3n) is 3.30. The van der Waals surface area contributed by atoms with Gasteiger partial charge < -0.3 is 15.4 Å². The number of hydrogen-bond donors (Lipinski definition) is 1. The van der Waals surface area contributed by atoms with Crippen LogP contribution in [0.1, 0.15) is 6.92 Å². The summed E-state index contributed by atoms with van der Waals surface area (Å²) in [5, 5.41) is 2.27. The van der Waals surface area contributed by atoms with E-state index in [4.69, 9.17) is 10.5 Å². The molecule has 1 heterocycles. The Morgan fingerprint density at radius 1 is 1.37 bits per heavy atom. The Labute approximate surface area is 114 Å². The van der Waals surface area contributed by atoms with Crippen LogP contribution in [0.15, 0.2) is 30.5 Å². The predicted octanol–water partition coefficient (Wildman–Crippen LogP) is 2.27. The topological polar surface area (TPSA) is 51.4 Å². The smallest absolute Gasteiger partial charge is 0.136 e. The van der Waals surface area contributed by atoms with Crippen molar-refractivity contribution in [1.82, 2.24) is 4.98 Å². The second-order valence-corrected chi connectivity index (χ2v) is 4.94. The number of pyridine rings is 1. The van der Waals surface area contributed by atoms with Crippen molar-refractivity contribution in [2.24, 2.45) is 11.7 Å². The molecule has 4 nitrogen and oxygen atoms in total. The van der Waals surface area contributed by atoms with E-state index in [2.05, 4.69) is 29.9 Å². The van der Waals surface area contributed by atoms with Crippen LogP contribution >= 0.6 is 0 Å². The highest BCUT2D eigenvalue weighted by Crippen LogP contribution is 2.27. The summed E-state index contributed by atoms with van der Waals surface area (Å²) in [7, 11) is 3.73. The molecule has 1 atom stereocenters. The molecule has 1 aromatic heterocycles. The van der Waals surface area contributed by atoms with Gasteiger partial charge in [0.15, 0.2) is 0 Å². The number of nitrogens with zero attached hydrogens (tertiary/aromatic N) is 2. The second kappa shape index (κ2) is 5.89. The SMILES string of the molecule is COc1ccc2c(N(C)CC(C)CN)nccc2c1. The van der Waals surface area contributed by atoms with E-state index >= 15 is 0 Å². The second-order valence-electron chi connectivity index (χ2n) is 4.94. The number of anilines is 1. The molecule has 4 heteroatoms. The number of hydrogen-bond acceptors (Lipinski definition) is 4. The van der Waals surface area contributed by atoms with Gasteiger partial charge >= 0.3 is 0 Å². The minimum atomic E-state index is 0.445. The average Bonchev–Trinajstić information content (AvgIpc) is 2.45. The molecule has 0 aliphatic heterocycles. The lowest BCUT2D eigenvalue weighted by Gasteiger charge is -2.23. The lowest BCUT2D eigenvalue weighted by atomic mass is 10.1. The maximum atomic E-state index is 5.69. The molecule has 0 spiro atoms. The molecule has 1 aromatic carbocycles. The Balaban J connectivity index is 2.38. The van der Waals surface area contributed by atoms with Gasteiger partial charge in [-0.3, -0.25) is 0 Å². The largest absolute Gasteiger partial charge is 0.497 e. The third-order valence-corrected chi connectivity index (χ3v) is 3.30. The van der Waals surface area contributed by atoms with Crippen molar-refractivity contribution in [2.75, 3.05) is 32.1 Å². The highest BCUT2D eigenvalue weighted by atomic mass is 16.5. The molecule has 2 N–H and O–H groups in total. The summed E-state index contributed by atoms with van der Waals surface area (Å²) in [4.78, 5) is 6.65. The van der Waals surface area contributed by atoms with Crippen molar-refractivity contribution in [3.63, 3.8) is 0 Å². The highest BCUT2D eigenvalue weighted by molar-refractivity contribution is 5.92. The third kappa shape index (κ3) is 2.96. The van der Waals surface area contributed by atoms with Crippen LogP contribution in [0, 0.1) is 5.92 Å². The molecule has 0 aliphatic rings. The highest BCUT2D eigenvalue weighted by Gasteiger charge is 2.10. The first-order valence-corrected chi connectivity index (χ1v) is 6.49. The van der Waals surface area contributed by atoms with Crippen LogP contribution in [0.3, 0.4) is 0 Å². The van der Waals surface area contributed by atoms with Crippen molar-refractivity contribution in [3.05, 3.63) is 30.5 Å². The summed E-state index contributed by atoms with van der Waals surface area (Å²) in [6.07, 6.45) is 1.83. The Hall–Kier alpha value is -1.81. The standard InChI is InChI=1S/C15H21N3O/c1-11(9-16)10-18(2)15-14-5-4-13(19-3)8-12(14)6-7-17-15/h4-8,11H,9-10,16H2,1-3H3. The first kappa shape index (κ1) is 13.6. The minimum Gasteiger partial charge on any atom is -0.497 e. The Kier molecular flexibility index (Phi) is 4.22. The Morgan fingerprint density at radius 3 is 2.84 bits per heavy atom. The van der Waals surface area contributed by atoms with Crippen LogP contribution in [-0.2, 0) is 0 Å². The van der Waals surface area contributed by atoms with Crippen molar-refractivity contribution < 1.29 is 4.74 Å². The molecule has 1 unspecified atom stereocenters. The van der Waals surface area contributed by atoms with Gasteiger partial charge in [0, 0.05) is 25.2 Å². The van der Waals surface area contributed by atoms with Crippen molar-refractivity contribution in [3.8, 4) is 5.75 Å². The number of aromatic nitrogens is 1. The van der Waals surface area contributed by atoms with Gasteiger partial charge in [-0.15, -0.1) is 0 Å². The number of ether oxygens (including phenoxy) is 1. The summed E-state index contributed by atoms with van der Waals surface area (Å²) in [5.74, 6) is 2.29. The lowest BCUT2D eigenvalue weighted by Crippen LogP contribution is -2.28.